The molecule has 27 heavy (non-hydrogen) atoms. The van der Waals surface area contributed by atoms with Gasteiger partial charge in [0, 0.05) is 28.3 Å². The molecule has 1 aliphatic heterocycles. The quantitative estimate of drug-likeness (QED) is 0.818. The SMILES string of the molecule is CC(C)(C)C#Cc1ccc(C(=O)Nc2ccc3c(c2)OCC(CO)O3)cc1. The van der Waals surface area contributed by atoms with Crippen molar-refractivity contribution in [3.05, 3.63) is 53.6 Å². The van der Waals surface area contributed by atoms with Gasteiger partial charge >= 0.3 is 0 Å². The van der Waals surface area contributed by atoms with Crippen molar-refractivity contribution in [2.75, 3.05) is 18.5 Å². The van der Waals surface area contributed by atoms with Gasteiger partial charge in [0.25, 0.3) is 5.91 Å². The predicted molar refractivity (Wildman–Crippen MR) is 104 cm³/mol. The van der Waals surface area contributed by atoms with Crippen LogP contribution in [-0.4, -0.2) is 30.3 Å². The third-order valence-electron chi connectivity index (χ3n) is 3.85. The Morgan fingerprint density at radius 2 is 1.93 bits per heavy atom. The van der Waals surface area contributed by atoms with Crippen molar-refractivity contribution in [1.82, 2.24) is 0 Å². The van der Waals surface area contributed by atoms with Gasteiger partial charge < -0.3 is 19.9 Å². The van der Waals surface area contributed by atoms with Crippen LogP contribution < -0.4 is 14.8 Å². The largest absolute Gasteiger partial charge is 0.486 e. The molecule has 140 valence electrons. The molecule has 1 unspecified atom stereocenters. The summed E-state index contributed by atoms with van der Waals surface area (Å²) in [7, 11) is 0. The second-order valence-corrected chi connectivity index (χ2v) is 7.43. The molecule has 3 rings (SSSR count). The zero-order chi connectivity index (χ0) is 19.4. The Kier molecular flexibility index (Phi) is 5.38. The number of nitrogens with one attached hydrogen (secondary N) is 1. The monoisotopic (exact) mass is 365 g/mol. The van der Waals surface area contributed by atoms with Gasteiger partial charge in [-0.3, -0.25) is 4.79 Å². The van der Waals surface area contributed by atoms with Crippen molar-refractivity contribution in [2.45, 2.75) is 26.9 Å². The normalized spacial score (nSPS) is 15.5. The highest BCUT2D eigenvalue weighted by atomic mass is 16.6. The molecule has 0 radical (unpaired) electrons. The molecule has 2 aromatic carbocycles. The molecule has 1 aliphatic rings. The number of carbonyl (C=O) groups is 1. The molecule has 0 fully saturated rings. The smallest absolute Gasteiger partial charge is 0.255 e. The number of rotatable bonds is 3. The van der Waals surface area contributed by atoms with Gasteiger partial charge in [0.05, 0.1) is 6.61 Å². The van der Waals surface area contributed by atoms with E-state index >= 15 is 0 Å². The Balaban J connectivity index is 1.68. The Labute approximate surface area is 159 Å². The standard InChI is InChI=1S/C22H23NO4/c1-22(2,3)11-10-15-4-6-16(7-5-15)21(25)23-17-8-9-19-20(12-17)26-14-18(13-24)27-19/h4-9,12,18,24H,13-14H2,1-3H3,(H,23,25). The van der Waals surface area contributed by atoms with Crippen molar-refractivity contribution in [2.24, 2.45) is 5.41 Å². The van der Waals surface area contributed by atoms with E-state index in [0.717, 1.165) is 5.56 Å². The Hall–Kier alpha value is -2.97. The third kappa shape index (κ3) is 5.02. The lowest BCUT2D eigenvalue weighted by molar-refractivity contribution is 0.0457. The first kappa shape index (κ1) is 18.8. The number of hydrogen-bond acceptors (Lipinski definition) is 4. The average Bonchev–Trinajstić information content (AvgIpc) is 2.65. The number of amides is 1. The Bertz CT molecular complexity index is 885. The molecule has 1 heterocycles. The number of benzene rings is 2. The lowest BCUT2D eigenvalue weighted by atomic mass is 9.97. The van der Waals surface area contributed by atoms with E-state index in [4.69, 9.17) is 14.6 Å². The summed E-state index contributed by atoms with van der Waals surface area (Å²) in [6.07, 6.45) is -0.363. The second-order valence-electron chi connectivity index (χ2n) is 7.43. The van der Waals surface area contributed by atoms with Gasteiger partial charge in [-0.15, -0.1) is 0 Å². The minimum absolute atomic E-state index is 0.0640. The third-order valence-corrected chi connectivity index (χ3v) is 3.85. The van der Waals surface area contributed by atoms with Crippen molar-refractivity contribution in [3.63, 3.8) is 0 Å². The van der Waals surface area contributed by atoms with Crippen LogP contribution in [0.5, 0.6) is 11.5 Å². The number of anilines is 1. The highest BCUT2D eigenvalue weighted by molar-refractivity contribution is 6.04. The minimum atomic E-state index is -0.363. The summed E-state index contributed by atoms with van der Waals surface area (Å²) in [6.45, 7) is 6.34. The maximum absolute atomic E-state index is 12.5. The maximum Gasteiger partial charge on any atom is 0.255 e. The van der Waals surface area contributed by atoms with Gasteiger partial charge in [-0.1, -0.05) is 11.8 Å². The predicted octanol–water partition coefficient (Wildman–Crippen LogP) is 3.47. The van der Waals surface area contributed by atoms with Crippen molar-refractivity contribution in [1.29, 1.82) is 0 Å². The number of fused-ring (bicyclic) bond motifs is 1. The van der Waals surface area contributed by atoms with E-state index in [-0.39, 0.29) is 30.6 Å². The van der Waals surface area contributed by atoms with E-state index in [1.165, 1.54) is 0 Å². The first-order valence-corrected chi connectivity index (χ1v) is 8.83. The lowest BCUT2D eigenvalue weighted by Crippen LogP contribution is -2.32. The molecule has 1 atom stereocenters. The van der Waals surface area contributed by atoms with Crippen LogP contribution in [0.4, 0.5) is 5.69 Å². The Morgan fingerprint density at radius 3 is 2.59 bits per heavy atom. The van der Waals surface area contributed by atoms with Gasteiger partial charge in [-0.05, 0) is 57.2 Å². The zero-order valence-corrected chi connectivity index (χ0v) is 15.7. The molecule has 0 aliphatic carbocycles. The zero-order valence-electron chi connectivity index (χ0n) is 15.7. The van der Waals surface area contributed by atoms with Gasteiger partial charge in [-0.2, -0.15) is 0 Å². The minimum Gasteiger partial charge on any atom is -0.486 e. The summed E-state index contributed by atoms with van der Waals surface area (Å²) in [5, 5.41) is 12.0. The summed E-state index contributed by atoms with van der Waals surface area (Å²) in [6, 6.07) is 12.4. The maximum atomic E-state index is 12.5. The summed E-state index contributed by atoms with van der Waals surface area (Å²) < 4.78 is 11.2. The van der Waals surface area contributed by atoms with Gasteiger partial charge in [0.2, 0.25) is 0 Å². The van der Waals surface area contributed by atoms with E-state index in [1.54, 1.807) is 30.3 Å². The van der Waals surface area contributed by atoms with E-state index in [0.29, 0.717) is 22.7 Å². The van der Waals surface area contributed by atoms with E-state index in [9.17, 15) is 4.79 Å². The summed E-state index contributed by atoms with van der Waals surface area (Å²) in [5.41, 5.74) is 1.97. The molecule has 2 aromatic rings. The highest BCUT2D eigenvalue weighted by Gasteiger charge is 2.20. The molecule has 0 spiro atoms. The molecule has 1 amide bonds. The van der Waals surface area contributed by atoms with Crippen LogP contribution in [0.2, 0.25) is 0 Å². The molecule has 0 saturated heterocycles. The van der Waals surface area contributed by atoms with Crippen LogP contribution in [0.1, 0.15) is 36.7 Å². The van der Waals surface area contributed by atoms with Gasteiger partial charge in [0.15, 0.2) is 17.6 Å². The van der Waals surface area contributed by atoms with Crippen molar-refractivity contribution < 1.29 is 19.4 Å². The number of hydrogen-bond donors (Lipinski definition) is 2. The van der Waals surface area contributed by atoms with E-state index in [2.05, 4.69) is 37.9 Å². The van der Waals surface area contributed by atoms with Crippen molar-refractivity contribution >= 4 is 11.6 Å². The van der Waals surface area contributed by atoms with Crippen LogP contribution in [0.15, 0.2) is 42.5 Å². The van der Waals surface area contributed by atoms with E-state index < -0.39 is 0 Å². The molecular formula is C22H23NO4. The van der Waals surface area contributed by atoms with Gasteiger partial charge in [0.1, 0.15) is 6.61 Å². The number of aliphatic hydroxyl groups is 1. The molecule has 2 N–H and O–H groups in total. The second kappa shape index (κ2) is 7.73. The molecule has 0 aromatic heterocycles. The lowest BCUT2D eigenvalue weighted by Gasteiger charge is -2.25. The van der Waals surface area contributed by atoms with Crippen LogP contribution >= 0.6 is 0 Å². The molecule has 5 nitrogen and oxygen atoms in total. The molecule has 0 bridgehead atoms. The van der Waals surface area contributed by atoms with Crippen LogP contribution in [0.3, 0.4) is 0 Å². The van der Waals surface area contributed by atoms with Crippen LogP contribution in [-0.2, 0) is 0 Å². The highest BCUT2D eigenvalue weighted by Crippen LogP contribution is 2.34. The van der Waals surface area contributed by atoms with Crippen molar-refractivity contribution in [3.8, 4) is 23.3 Å². The van der Waals surface area contributed by atoms with Gasteiger partial charge in [-0.25, -0.2) is 0 Å². The summed E-state index contributed by atoms with van der Waals surface area (Å²) >= 11 is 0. The summed E-state index contributed by atoms with van der Waals surface area (Å²) in [5.74, 6) is 7.17. The first-order valence-electron chi connectivity index (χ1n) is 8.83. The number of carbonyl (C=O) groups excluding carboxylic acids is 1. The average molecular weight is 365 g/mol. The molecule has 0 saturated carbocycles. The fourth-order valence-corrected chi connectivity index (χ4v) is 2.45. The topological polar surface area (TPSA) is 67.8 Å². The molecular weight excluding hydrogens is 342 g/mol. The number of ether oxygens (including phenoxy) is 2. The summed E-state index contributed by atoms with van der Waals surface area (Å²) in [4.78, 5) is 12.5. The van der Waals surface area contributed by atoms with E-state index in [1.807, 2.05) is 12.1 Å². The molecule has 5 heteroatoms. The van der Waals surface area contributed by atoms with Crippen LogP contribution in [0, 0.1) is 17.3 Å². The fraction of sp³-hybridized carbons (Fsp3) is 0.318. The fourth-order valence-electron chi connectivity index (χ4n) is 2.45. The number of aliphatic hydroxyl groups excluding tert-OH is 1. The van der Waals surface area contributed by atoms with Crippen LogP contribution in [0.25, 0.3) is 0 Å². The first-order chi connectivity index (χ1) is 12.8. The Morgan fingerprint density at radius 1 is 1.19 bits per heavy atom.